The number of hydrogen-bond donors (Lipinski definition) is 1. The fourth-order valence-electron chi connectivity index (χ4n) is 0.393. The molecule has 52 valence electrons. The minimum Gasteiger partial charge on any atom is -0.274 e. The second kappa shape index (κ2) is 2.78. The van der Waals surface area contributed by atoms with Gasteiger partial charge in [0.05, 0.1) is 5.03 Å². The maximum atomic E-state index is 8.27. The lowest BCUT2D eigenvalue weighted by Gasteiger charge is -2.13. The third kappa shape index (κ3) is 1.32. The molecule has 0 atom stereocenters. The van der Waals surface area contributed by atoms with E-state index in [0.29, 0.717) is 0 Å². The van der Waals surface area contributed by atoms with E-state index >= 15 is 0 Å². The Morgan fingerprint density at radius 3 is 2.90 bits per heavy atom. The Balaban J connectivity index is 2.78. The summed E-state index contributed by atoms with van der Waals surface area (Å²) < 4.78 is 0. The first-order valence-electron chi connectivity index (χ1n) is 2.30. The Hall–Kier alpha value is -0.920. The molecule has 1 aliphatic rings. The first-order valence-corrected chi connectivity index (χ1v) is 3.06. The van der Waals surface area contributed by atoms with Crippen molar-refractivity contribution in [3.63, 3.8) is 0 Å². The molecule has 0 unspecified atom stereocenters. The zero-order valence-corrected chi connectivity index (χ0v) is 6.19. The molecule has 6 heteroatoms. The van der Waals surface area contributed by atoms with Crippen LogP contribution in [0.3, 0.4) is 0 Å². The van der Waals surface area contributed by atoms with Gasteiger partial charge < -0.3 is 0 Å². The van der Waals surface area contributed by atoms with Crippen molar-refractivity contribution in [3.8, 4) is 6.19 Å². The number of hydrazine groups is 1. The van der Waals surface area contributed by atoms with Crippen LogP contribution in [0.25, 0.3) is 0 Å². The predicted octanol–water partition coefficient (Wildman–Crippen LogP) is 0.920. The maximum Gasteiger partial charge on any atom is 0.223 e. The van der Waals surface area contributed by atoms with Crippen molar-refractivity contribution < 1.29 is 0 Å². The van der Waals surface area contributed by atoms with Crippen LogP contribution in [0.1, 0.15) is 0 Å². The number of nitriles is 1. The molecule has 0 bridgehead atoms. The highest BCUT2D eigenvalue weighted by atomic mass is 35.5. The van der Waals surface area contributed by atoms with Crippen molar-refractivity contribution in [2.24, 2.45) is 5.10 Å². The van der Waals surface area contributed by atoms with Gasteiger partial charge in [0.25, 0.3) is 0 Å². The Morgan fingerprint density at radius 2 is 2.40 bits per heavy atom. The second-order valence-corrected chi connectivity index (χ2v) is 2.19. The van der Waals surface area contributed by atoms with Crippen molar-refractivity contribution in [3.05, 3.63) is 11.2 Å². The molecule has 0 saturated heterocycles. The van der Waals surface area contributed by atoms with E-state index < -0.39 is 0 Å². The van der Waals surface area contributed by atoms with E-state index in [2.05, 4.69) is 10.5 Å². The second-order valence-electron chi connectivity index (χ2n) is 1.42. The lowest BCUT2D eigenvalue weighted by molar-refractivity contribution is 0.347. The third-order valence-corrected chi connectivity index (χ3v) is 1.46. The molecule has 1 rings (SSSR count). The fraction of sp³-hybridized carbons (Fsp3) is 0. The summed E-state index contributed by atoms with van der Waals surface area (Å²) in [4.78, 5) is 0. The van der Waals surface area contributed by atoms with Crippen LogP contribution < -0.4 is 5.43 Å². The van der Waals surface area contributed by atoms with Gasteiger partial charge in [-0.3, -0.25) is 5.43 Å². The molecule has 0 amide bonds. The molecule has 0 aromatic heterocycles. The van der Waals surface area contributed by atoms with E-state index in [1.165, 1.54) is 6.20 Å². The molecule has 1 aliphatic heterocycles. The summed E-state index contributed by atoms with van der Waals surface area (Å²) in [6.07, 6.45) is 3.08. The normalized spacial score (nSPS) is 16.7. The molecule has 0 aliphatic carbocycles. The number of nitrogens with one attached hydrogen (secondary N) is 1. The van der Waals surface area contributed by atoms with Crippen LogP contribution in [0.2, 0.25) is 0 Å². The van der Waals surface area contributed by atoms with Crippen LogP contribution in [0.15, 0.2) is 16.3 Å². The first kappa shape index (κ1) is 7.19. The highest BCUT2D eigenvalue weighted by molar-refractivity contribution is 6.75. The van der Waals surface area contributed by atoms with E-state index in [0.717, 1.165) is 5.12 Å². The Morgan fingerprint density at radius 1 is 1.70 bits per heavy atom. The number of hydrazone groups is 1. The van der Waals surface area contributed by atoms with E-state index in [-0.39, 0.29) is 10.2 Å². The van der Waals surface area contributed by atoms with Crippen LogP contribution in [0.4, 0.5) is 0 Å². The summed E-state index contributed by atoms with van der Waals surface area (Å²) in [5.41, 5.74) is 2.46. The topological polar surface area (TPSA) is 51.4 Å². The number of rotatable bonds is 0. The van der Waals surface area contributed by atoms with Crippen molar-refractivity contribution in [1.29, 1.82) is 5.26 Å². The van der Waals surface area contributed by atoms with Crippen LogP contribution >= 0.6 is 23.2 Å². The van der Waals surface area contributed by atoms with Crippen LogP contribution in [0, 0.1) is 11.5 Å². The van der Waals surface area contributed by atoms with Crippen LogP contribution in [-0.4, -0.2) is 10.3 Å². The maximum absolute atomic E-state index is 8.27. The molecule has 4 nitrogen and oxygen atoms in total. The molecule has 10 heavy (non-hydrogen) atoms. The molecule has 0 saturated carbocycles. The number of halogens is 2. The van der Waals surface area contributed by atoms with Crippen molar-refractivity contribution in [2.75, 3.05) is 0 Å². The smallest absolute Gasteiger partial charge is 0.223 e. The molecular formula is C4H2Cl2N4. The molecule has 0 fully saturated rings. The van der Waals surface area contributed by atoms with Gasteiger partial charge >= 0.3 is 0 Å². The lowest BCUT2D eigenvalue weighted by Crippen LogP contribution is -2.28. The van der Waals surface area contributed by atoms with E-state index in [1.807, 2.05) is 0 Å². The quantitative estimate of drug-likeness (QED) is 0.559. The summed E-state index contributed by atoms with van der Waals surface area (Å²) in [6.45, 7) is 0. The fourth-order valence-corrected chi connectivity index (χ4v) is 0.610. The highest BCUT2D eigenvalue weighted by Crippen LogP contribution is 2.10. The van der Waals surface area contributed by atoms with E-state index in [9.17, 15) is 0 Å². The molecular weight excluding hydrogens is 175 g/mol. The highest BCUT2D eigenvalue weighted by Gasteiger charge is 2.09. The summed E-state index contributed by atoms with van der Waals surface area (Å²) >= 11 is 10.9. The minimum absolute atomic E-state index is 0.0990. The minimum atomic E-state index is 0.0990. The lowest BCUT2D eigenvalue weighted by atomic mass is 10.6. The van der Waals surface area contributed by atoms with Crippen molar-refractivity contribution in [1.82, 2.24) is 10.5 Å². The number of allylic oxidation sites excluding steroid dienone is 1. The number of nitrogens with zero attached hydrogens (tertiary/aromatic N) is 3. The summed E-state index contributed by atoms with van der Waals surface area (Å²) in [5, 5.41) is 13.1. The average Bonchev–Trinajstić information content (AvgIpc) is 1.95. The van der Waals surface area contributed by atoms with E-state index in [4.69, 9.17) is 28.5 Å². The van der Waals surface area contributed by atoms with Gasteiger partial charge in [-0.1, -0.05) is 23.2 Å². The Kier molecular flexibility index (Phi) is 2.00. The summed E-state index contributed by atoms with van der Waals surface area (Å²) in [6, 6.07) is 0. The van der Waals surface area contributed by atoms with Gasteiger partial charge in [-0.25, -0.2) is 0 Å². The SMILES string of the molecule is N#CN1N=C(Cl)C(Cl)=CN1. The molecule has 1 heterocycles. The van der Waals surface area contributed by atoms with Gasteiger partial charge in [0.2, 0.25) is 6.19 Å². The predicted molar refractivity (Wildman–Crippen MR) is 37.8 cm³/mol. The standard InChI is InChI=1S/C4H2Cl2N4/c5-3-1-8-10(2-7)9-4(3)6/h1,8H. The largest absolute Gasteiger partial charge is 0.274 e. The molecule has 0 radical (unpaired) electrons. The van der Waals surface area contributed by atoms with Gasteiger partial charge in [0.15, 0.2) is 5.17 Å². The zero-order valence-electron chi connectivity index (χ0n) is 4.67. The monoisotopic (exact) mass is 176 g/mol. The zero-order chi connectivity index (χ0) is 7.56. The molecule has 1 N–H and O–H groups in total. The van der Waals surface area contributed by atoms with Gasteiger partial charge in [-0.2, -0.15) is 5.26 Å². The Bertz CT molecular complexity index is 238. The van der Waals surface area contributed by atoms with Crippen molar-refractivity contribution in [2.45, 2.75) is 0 Å². The average molecular weight is 177 g/mol. The first-order chi connectivity index (χ1) is 4.74. The third-order valence-electron chi connectivity index (χ3n) is 0.793. The number of hydrogen-bond acceptors (Lipinski definition) is 4. The molecule has 0 aromatic rings. The molecule has 0 spiro atoms. The van der Waals surface area contributed by atoms with Gasteiger partial charge in [-0.05, 0) is 0 Å². The molecule has 0 aromatic carbocycles. The summed E-state index contributed by atoms with van der Waals surface area (Å²) in [5.74, 6) is 0. The van der Waals surface area contributed by atoms with Crippen molar-refractivity contribution >= 4 is 28.4 Å². The van der Waals surface area contributed by atoms with Crippen LogP contribution in [0.5, 0.6) is 0 Å². The van der Waals surface area contributed by atoms with Gasteiger partial charge in [-0.15, -0.1) is 10.2 Å². The Labute approximate surface area is 67.3 Å². The van der Waals surface area contributed by atoms with Crippen LogP contribution in [-0.2, 0) is 0 Å². The van der Waals surface area contributed by atoms with Gasteiger partial charge in [0, 0.05) is 6.20 Å². The van der Waals surface area contributed by atoms with E-state index in [1.54, 1.807) is 6.19 Å². The summed E-state index contributed by atoms with van der Waals surface area (Å²) in [7, 11) is 0. The van der Waals surface area contributed by atoms with Gasteiger partial charge in [0.1, 0.15) is 0 Å².